The summed E-state index contributed by atoms with van der Waals surface area (Å²) in [5.74, 6) is -1.51. The third-order valence-corrected chi connectivity index (χ3v) is 5.19. The van der Waals surface area contributed by atoms with Crippen molar-refractivity contribution < 1.29 is 18.3 Å². The van der Waals surface area contributed by atoms with E-state index in [0.717, 1.165) is 23.3 Å². The van der Waals surface area contributed by atoms with Crippen LogP contribution in [0.4, 0.5) is 4.39 Å². The Balaban J connectivity index is 1.95. The molecule has 0 aliphatic carbocycles. The Kier molecular flexibility index (Phi) is 5.14. The number of halogens is 2. The Labute approximate surface area is 176 Å². The lowest BCUT2D eigenvalue weighted by atomic mass is 10.0. The van der Waals surface area contributed by atoms with Crippen molar-refractivity contribution in [3.8, 4) is 17.1 Å². The van der Waals surface area contributed by atoms with Crippen molar-refractivity contribution in [3.63, 3.8) is 0 Å². The molecule has 0 aliphatic rings. The fourth-order valence-electron chi connectivity index (χ4n) is 3.09. The fourth-order valence-corrected chi connectivity index (χ4v) is 3.31. The summed E-state index contributed by atoms with van der Waals surface area (Å²) in [6.45, 7) is 3.78. The first-order valence-electron chi connectivity index (χ1n) is 9.16. The van der Waals surface area contributed by atoms with E-state index in [4.69, 9.17) is 20.8 Å². The molecular weight excluding hydrogens is 407 g/mol. The number of benzene rings is 3. The van der Waals surface area contributed by atoms with Crippen LogP contribution < -0.4 is 10.2 Å². The normalized spacial score (nSPS) is 10.9. The van der Waals surface area contributed by atoms with E-state index >= 15 is 0 Å². The number of carbonyl (C=O) groups excluding carboxylic acids is 1. The molecule has 0 atom stereocenters. The summed E-state index contributed by atoms with van der Waals surface area (Å²) in [4.78, 5) is 25.9. The molecule has 0 N–H and O–H groups in total. The number of esters is 1. The van der Waals surface area contributed by atoms with Crippen molar-refractivity contribution in [2.45, 2.75) is 13.8 Å². The number of hydrogen-bond donors (Lipinski definition) is 0. The summed E-state index contributed by atoms with van der Waals surface area (Å²) in [5, 5.41) is 0.624. The van der Waals surface area contributed by atoms with Gasteiger partial charge in [0.2, 0.25) is 11.2 Å². The highest BCUT2D eigenvalue weighted by Crippen LogP contribution is 2.36. The Morgan fingerprint density at radius 2 is 1.67 bits per heavy atom. The molecule has 0 bridgehead atoms. The molecule has 0 fully saturated rings. The van der Waals surface area contributed by atoms with E-state index < -0.39 is 17.2 Å². The van der Waals surface area contributed by atoms with E-state index in [2.05, 4.69) is 0 Å². The van der Waals surface area contributed by atoms with Crippen molar-refractivity contribution in [1.29, 1.82) is 0 Å². The van der Waals surface area contributed by atoms with E-state index in [9.17, 15) is 14.0 Å². The highest BCUT2D eigenvalue weighted by Gasteiger charge is 2.23. The standard InChI is InChI=1S/C24H16ClFO4/c1-13-11-18-20(12-14(13)2)29-22(17-5-3-4-6-19(17)25)23(21(18)27)30-24(28)15-7-9-16(26)10-8-15/h3-12H,1-2H3. The molecule has 1 aromatic heterocycles. The third-order valence-electron chi connectivity index (χ3n) is 4.86. The predicted octanol–water partition coefficient (Wildman–Crippen LogP) is 6.09. The van der Waals surface area contributed by atoms with Crippen LogP contribution in [0, 0.1) is 19.7 Å². The van der Waals surface area contributed by atoms with Crippen LogP contribution in [0.25, 0.3) is 22.3 Å². The summed E-state index contributed by atoms with van der Waals surface area (Å²) in [5.41, 5.74) is 2.23. The maximum Gasteiger partial charge on any atom is 0.343 e. The van der Waals surface area contributed by atoms with Gasteiger partial charge in [0.05, 0.1) is 16.0 Å². The first-order valence-corrected chi connectivity index (χ1v) is 9.53. The molecule has 0 unspecified atom stereocenters. The molecule has 0 saturated heterocycles. The minimum absolute atomic E-state index is 0.0526. The second kappa shape index (κ2) is 7.76. The molecule has 0 amide bonds. The molecule has 4 nitrogen and oxygen atoms in total. The zero-order valence-electron chi connectivity index (χ0n) is 16.2. The lowest BCUT2D eigenvalue weighted by Crippen LogP contribution is -2.16. The van der Waals surface area contributed by atoms with Crippen LogP contribution in [0.1, 0.15) is 21.5 Å². The number of carbonyl (C=O) groups is 1. The van der Waals surface area contributed by atoms with Gasteiger partial charge in [-0.2, -0.15) is 0 Å². The van der Waals surface area contributed by atoms with E-state index in [-0.39, 0.29) is 22.5 Å². The van der Waals surface area contributed by atoms with E-state index in [1.54, 1.807) is 36.4 Å². The van der Waals surface area contributed by atoms with Crippen molar-refractivity contribution in [2.24, 2.45) is 0 Å². The molecule has 0 aliphatic heterocycles. The molecule has 0 spiro atoms. The number of aryl methyl sites for hydroxylation is 2. The second-order valence-electron chi connectivity index (χ2n) is 6.90. The van der Waals surface area contributed by atoms with Gasteiger partial charge in [-0.25, -0.2) is 9.18 Å². The zero-order chi connectivity index (χ0) is 21.4. The Morgan fingerprint density at radius 3 is 2.37 bits per heavy atom. The number of hydrogen-bond acceptors (Lipinski definition) is 4. The molecule has 4 rings (SSSR count). The lowest BCUT2D eigenvalue weighted by molar-refractivity contribution is 0.0731. The maximum absolute atomic E-state index is 13.3. The number of fused-ring (bicyclic) bond motifs is 1. The maximum atomic E-state index is 13.3. The van der Waals surface area contributed by atoms with Crippen LogP contribution in [-0.4, -0.2) is 5.97 Å². The van der Waals surface area contributed by atoms with Gasteiger partial charge in [-0.05, 0) is 73.5 Å². The Morgan fingerprint density at radius 1 is 1.00 bits per heavy atom. The summed E-state index contributed by atoms with van der Waals surface area (Å²) in [6.07, 6.45) is 0. The van der Waals surface area contributed by atoms with E-state index in [1.165, 1.54) is 12.1 Å². The first-order chi connectivity index (χ1) is 14.3. The van der Waals surface area contributed by atoms with E-state index in [1.807, 2.05) is 13.8 Å². The zero-order valence-corrected chi connectivity index (χ0v) is 16.9. The quantitative estimate of drug-likeness (QED) is 0.375. The molecular formula is C24H16ClFO4. The van der Waals surface area contributed by atoms with Crippen LogP contribution in [0.5, 0.6) is 5.75 Å². The topological polar surface area (TPSA) is 56.5 Å². The fraction of sp³-hybridized carbons (Fsp3) is 0.0833. The Bertz CT molecular complexity index is 1340. The van der Waals surface area contributed by atoms with Gasteiger partial charge in [-0.15, -0.1) is 0 Å². The minimum Gasteiger partial charge on any atom is -0.452 e. The summed E-state index contributed by atoms with van der Waals surface area (Å²) >= 11 is 6.32. The van der Waals surface area contributed by atoms with Crippen LogP contribution in [0.2, 0.25) is 5.02 Å². The van der Waals surface area contributed by atoms with Crippen molar-refractivity contribution in [1.82, 2.24) is 0 Å². The van der Waals surface area contributed by atoms with E-state index in [0.29, 0.717) is 16.2 Å². The van der Waals surface area contributed by atoms with Crippen molar-refractivity contribution in [3.05, 3.63) is 98.4 Å². The van der Waals surface area contributed by atoms with Gasteiger partial charge in [0.25, 0.3) is 0 Å². The highest BCUT2D eigenvalue weighted by molar-refractivity contribution is 6.33. The van der Waals surface area contributed by atoms with Crippen LogP contribution in [0.3, 0.4) is 0 Å². The van der Waals surface area contributed by atoms with Gasteiger partial charge in [-0.3, -0.25) is 4.79 Å². The number of ether oxygens (including phenoxy) is 1. The predicted molar refractivity (Wildman–Crippen MR) is 114 cm³/mol. The van der Waals surface area contributed by atoms with Gasteiger partial charge in [0.15, 0.2) is 5.76 Å². The highest BCUT2D eigenvalue weighted by atomic mass is 35.5. The van der Waals surface area contributed by atoms with Crippen LogP contribution >= 0.6 is 11.6 Å². The average Bonchev–Trinajstić information content (AvgIpc) is 2.72. The van der Waals surface area contributed by atoms with Gasteiger partial charge >= 0.3 is 5.97 Å². The van der Waals surface area contributed by atoms with Gasteiger partial charge in [0.1, 0.15) is 11.4 Å². The smallest absolute Gasteiger partial charge is 0.343 e. The van der Waals surface area contributed by atoms with Gasteiger partial charge in [0, 0.05) is 5.56 Å². The van der Waals surface area contributed by atoms with Crippen LogP contribution in [-0.2, 0) is 0 Å². The first kappa shape index (κ1) is 19.9. The molecule has 3 aromatic carbocycles. The minimum atomic E-state index is -0.807. The molecule has 1 heterocycles. The average molecular weight is 423 g/mol. The van der Waals surface area contributed by atoms with Gasteiger partial charge in [-0.1, -0.05) is 23.7 Å². The van der Waals surface area contributed by atoms with Crippen molar-refractivity contribution in [2.75, 3.05) is 0 Å². The third kappa shape index (κ3) is 3.60. The molecule has 30 heavy (non-hydrogen) atoms. The van der Waals surface area contributed by atoms with Crippen LogP contribution in [0.15, 0.2) is 69.9 Å². The molecule has 4 aromatic rings. The SMILES string of the molecule is Cc1cc2oc(-c3ccccc3Cl)c(OC(=O)c3ccc(F)cc3)c(=O)c2cc1C. The molecule has 0 radical (unpaired) electrons. The summed E-state index contributed by atoms with van der Waals surface area (Å²) < 4.78 is 24.7. The second-order valence-corrected chi connectivity index (χ2v) is 7.31. The van der Waals surface area contributed by atoms with Gasteiger partial charge < -0.3 is 9.15 Å². The summed E-state index contributed by atoms with van der Waals surface area (Å²) in [6, 6.07) is 15.1. The molecule has 0 saturated carbocycles. The number of rotatable bonds is 3. The molecule has 150 valence electrons. The summed E-state index contributed by atoms with van der Waals surface area (Å²) in [7, 11) is 0. The largest absolute Gasteiger partial charge is 0.452 e. The monoisotopic (exact) mass is 422 g/mol. The van der Waals surface area contributed by atoms with Crippen molar-refractivity contribution >= 4 is 28.5 Å². The lowest BCUT2D eigenvalue weighted by Gasteiger charge is -2.12. The Hall–Kier alpha value is -3.44. The molecule has 6 heteroatoms.